The van der Waals surface area contributed by atoms with Gasteiger partial charge in [0.05, 0.1) is 6.61 Å². The van der Waals surface area contributed by atoms with E-state index in [4.69, 9.17) is 16.5 Å². The molecule has 1 rings (SSSR count). The molecule has 0 radical (unpaired) electrons. The van der Waals surface area contributed by atoms with Crippen molar-refractivity contribution < 1.29 is 4.74 Å². The molecule has 0 spiro atoms. The third-order valence-electron chi connectivity index (χ3n) is 1.45. The van der Waals surface area contributed by atoms with Crippen molar-refractivity contribution in [1.82, 2.24) is 0 Å². The highest BCUT2D eigenvalue weighted by Gasteiger charge is 2.02. The van der Waals surface area contributed by atoms with Gasteiger partial charge in [-0.15, -0.1) is 4.51 Å². The predicted molar refractivity (Wildman–Crippen MR) is 58.2 cm³/mol. The Morgan fingerprint density at radius 1 is 1.46 bits per heavy atom. The monoisotopic (exact) mass is 261 g/mol. The van der Waals surface area contributed by atoms with Crippen LogP contribution in [0.2, 0.25) is 0 Å². The second kappa shape index (κ2) is 5.25. The molecule has 0 aliphatic carbocycles. The highest BCUT2D eigenvalue weighted by molar-refractivity contribution is 9.10. The maximum atomic E-state index is 5.37. The van der Waals surface area contributed by atoms with Crippen molar-refractivity contribution >= 4 is 33.6 Å². The van der Waals surface area contributed by atoms with Gasteiger partial charge >= 0.3 is 0 Å². The highest BCUT2D eigenvalue weighted by Crippen LogP contribution is 2.12. The van der Waals surface area contributed by atoms with E-state index in [9.17, 15) is 0 Å². The molecule has 4 heteroatoms. The minimum absolute atomic E-state index is 0.455. The van der Waals surface area contributed by atoms with Gasteiger partial charge in [-0.1, -0.05) is 15.9 Å². The van der Waals surface area contributed by atoms with Gasteiger partial charge in [0.1, 0.15) is 0 Å². The Balaban J connectivity index is 2.87. The molecule has 0 N–H and O–H groups in total. The van der Waals surface area contributed by atoms with E-state index in [1.165, 1.54) is 0 Å². The molecule has 70 valence electrons. The van der Waals surface area contributed by atoms with Crippen molar-refractivity contribution in [2.45, 2.75) is 6.92 Å². The molecule has 1 aromatic carbocycles. The number of hydrogen-bond acceptors (Lipinski definition) is 2. The first kappa shape index (κ1) is 10.5. The van der Waals surface area contributed by atoms with Gasteiger partial charge in [-0.25, -0.2) is 0 Å². The molecule has 0 aliphatic heterocycles. The SMILES string of the molecule is CCOC(=NCl)c1ccc(Br)cc1. The van der Waals surface area contributed by atoms with E-state index in [1.54, 1.807) is 0 Å². The van der Waals surface area contributed by atoms with Crippen LogP contribution in [-0.4, -0.2) is 12.5 Å². The Kier molecular flexibility index (Phi) is 4.25. The summed E-state index contributed by atoms with van der Waals surface area (Å²) in [7, 11) is 0. The smallest absolute Gasteiger partial charge is 0.233 e. The van der Waals surface area contributed by atoms with E-state index in [0.29, 0.717) is 12.5 Å². The summed E-state index contributed by atoms with van der Waals surface area (Å²) in [5.41, 5.74) is 0.875. The van der Waals surface area contributed by atoms with Crippen LogP contribution in [-0.2, 0) is 4.74 Å². The number of ether oxygens (including phenoxy) is 1. The zero-order chi connectivity index (χ0) is 9.68. The molecule has 0 saturated carbocycles. The molecule has 0 aliphatic rings. The first-order chi connectivity index (χ1) is 6.27. The lowest BCUT2D eigenvalue weighted by Crippen LogP contribution is -2.04. The molecule has 13 heavy (non-hydrogen) atoms. The standard InChI is InChI=1S/C9H9BrClNO/c1-2-13-9(12-11)7-3-5-8(10)6-4-7/h3-6H,2H2,1H3. The molecule has 0 bridgehead atoms. The molecule has 1 aromatic rings. The van der Waals surface area contributed by atoms with E-state index >= 15 is 0 Å². The first-order valence-electron chi connectivity index (χ1n) is 3.85. The molecular weight excluding hydrogens is 253 g/mol. The van der Waals surface area contributed by atoms with Gasteiger partial charge in [-0.3, -0.25) is 0 Å². The maximum Gasteiger partial charge on any atom is 0.233 e. The average Bonchev–Trinajstić information content (AvgIpc) is 2.16. The zero-order valence-corrected chi connectivity index (χ0v) is 9.47. The molecule has 0 aromatic heterocycles. The Bertz CT molecular complexity index is 297. The second-order valence-corrected chi connectivity index (χ2v) is 3.41. The molecule has 0 heterocycles. The lowest BCUT2D eigenvalue weighted by molar-refractivity contribution is 0.329. The summed E-state index contributed by atoms with van der Waals surface area (Å²) in [5.74, 6) is 0.455. The lowest BCUT2D eigenvalue weighted by Gasteiger charge is -2.04. The van der Waals surface area contributed by atoms with Gasteiger partial charge in [0.2, 0.25) is 5.90 Å². The van der Waals surface area contributed by atoms with Crippen molar-refractivity contribution in [2.75, 3.05) is 6.61 Å². The molecule has 0 fully saturated rings. The fraction of sp³-hybridized carbons (Fsp3) is 0.222. The van der Waals surface area contributed by atoms with Gasteiger partial charge in [0.15, 0.2) is 0 Å². The van der Waals surface area contributed by atoms with Crippen LogP contribution in [0.3, 0.4) is 0 Å². The summed E-state index contributed by atoms with van der Waals surface area (Å²) in [5, 5.41) is 0. The molecule has 0 unspecified atom stereocenters. The van der Waals surface area contributed by atoms with Crippen molar-refractivity contribution in [1.29, 1.82) is 0 Å². The van der Waals surface area contributed by atoms with Crippen LogP contribution in [0.1, 0.15) is 12.5 Å². The van der Waals surface area contributed by atoms with Crippen LogP contribution >= 0.6 is 27.7 Å². The van der Waals surface area contributed by atoms with Crippen LogP contribution in [0.5, 0.6) is 0 Å². The van der Waals surface area contributed by atoms with Crippen LogP contribution < -0.4 is 0 Å². The van der Waals surface area contributed by atoms with Gasteiger partial charge in [-0.2, -0.15) is 0 Å². The molecule has 0 atom stereocenters. The Morgan fingerprint density at radius 2 is 2.08 bits per heavy atom. The molecule has 2 nitrogen and oxygen atoms in total. The number of nitrogens with zero attached hydrogens (tertiary/aromatic N) is 1. The lowest BCUT2D eigenvalue weighted by atomic mass is 10.2. The summed E-state index contributed by atoms with van der Waals surface area (Å²) < 4.78 is 9.76. The average molecular weight is 263 g/mol. The van der Waals surface area contributed by atoms with E-state index in [1.807, 2.05) is 31.2 Å². The normalized spacial score (nSPS) is 11.5. The van der Waals surface area contributed by atoms with Gasteiger partial charge < -0.3 is 4.74 Å². The second-order valence-electron chi connectivity index (χ2n) is 2.33. The fourth-order valence-electron chi connectivity index (χ4n) is 0.886. The summed E-state index contributed by atoms with van der Waals surface area (Å²) >= 11 is 8.71. The number of halogens is 2. The van der Waals surface area contributed by atoms with E-state index < -0.39 is 0 Å². The summed E-state index contributed by atoms with van der Waals surface area (Å²) in [4.78, 5) is 0. The van der Waals surface area contributed by atoms with E-state index in [2.05, 4.69) is 20.4 Å². The van der Waals surface area contributed by atoms with Gasteiger partial charge in [0.25, 0.3) is 0 Å². The minimum Gasteiger partial charge on any atom is -0.477 e. The Hall–Kier alpha value is -0.540. The number of hydrogen-bond donors (Lipinski definition) is 0. The van der Waals surface area contributed by atoms with Gasteiger partial charge in [-0.05, 0) is 31.2 Å². The fourth-order valence-corrected chi connectivity index (χ4v) is 1.30. The van der Waals surface area contributed by atoms with Crippen molar-refractivity contribution in [3.05, 3.63) is 34.3 Å². The Morgan fingerprint density at radius 3 is 2.54 bits per heavy atom. The summed E-state index contributed by atoms with van der Waals surface area (Å²) in [6, 6.07) is 7.61. The number of benzene rings is 1. The maximum absolute atomic E-state index is 5.37. The van der Waals surface area contributed by atoms with Crippen molar-refractivity contribution in [3.63, 3.8) is 0 Å². The minimum atomic E-state index is 0.455. The summed E-state index contributed by atoms with van der Waals surface area (Å²) in [6.07, 6.45) is 0. The van der Waals surface area contributed by atoms with Crippen LogP contribution in [0.25, 0.3) is 0 Å². The first-order valence-corrected chi connectivity index (χ1v) is 4.98. The number of rotatable bonds is 2. The van der Waals surface area contributed by atoms with Crippen molar-refractivity contribution in [2.24, 2.45) is 4.51 Å². The van der Waals surface area contributed by atoms with Crippen molar-refractivity contribution in [3.8, 4) is 0 Å². The van der Waals surface area contributed by atoms with E-state index in [-0.39, 0.29) is 0 Å². The molecule has 0 saturated heterocycles. The molecule has 0 amide bonds. The Labute approximate surface area is 90.8 Å². The largest absolute Gasteiger partial charge is 0.477 e. The summed E-state index contributed by atoms with van der Waals surface area (Å²) in [6.45, 7) is 2.45. The van der Waals surface area contributed by atoms with Crippen LogP contribution in [0, 0.1) is 0 Å². The van der Waals surface area contributed by atoms with Crippen LogP contribution in [0.4, 0.5) is 0 Å². The zero-order valence-electron chi connectivity index (χ0n) is 7.13. The predicted octanol–water partition coefficient (Wildman–Crippen LogP) is 3.39. The van der Waals surface area contributed by atoms with E-state index in [0.717, 1.165) is 10.0 Å². The molecular formula is C9H9BrClNO. The highest BCUT2D eigenvalue weighted by atomic mass is 79.9. The third-order valence-corrected chi connectivity index (χ3v) is 2.13. The quantitative estimate of drug-likeness (QED) is 0.591. The van der Waals surface area contributed by atoms with Gasteiger partial charge in [0, 0.05) is 21.8 Å². The van der Waals surface area contributed by atoms with Crippen LogP contribution in [0.15, 0.2) is 33.2 Å². The third kappa shape index (κ3) is 3.01. The topological polar surface area (TPSA) is 21.6 Å².